The number of benzene rings is 1. The summed E-state index contributed by atoms with van der Waals surface area (Å²) in [5, 5.41) is 9.42. The Hall–Kier alpha value is -2.38. The first-order chi connectivity index (χ1) is 8.76. The van der Waals surface area contributed by atoms with Crippen LogP contribution >= 0.6 is 11.6 Å². The van der Waals surface area contributed by atoms with Gasteiger partial charge in [0.1, 0.15) is 5.69 Å². The van der Waals surface area contributed by atoms with E-state index in [1.54, 1.807) is 30.5 Å². The highest BCUT2D eigenvalue weighted by Crippen LogP contribution is 2.20. The Labute approximate surface area is 108 Å². The maximum absolute atomic E-state index is 8.84. The summed E-state index contributed by atoms with van der Waals surface area (Å²) in [6.45, 7) is 0. The molecule has 3 aromatic rings. The van der Waals surface area contributed by atoms with Crippen molar-refractivity contribution in [2.45, 2.75) is 0 Å². The number of aromatic amines is 1. The second kappa shape index (κ2) is 4.13. The smallest absolute Gasteiger partial charge is 0.157 e. The van der Waals surface area contributed by atoms with Gasteiger partial charge >= 0.3 is 0 Å². The quantitative estimate of drug-likeness (QED) is 0.725. The third-order valence-corrected chi connectivity index (χ3v) is 2.80. The Kier molecular flexibility index (Phi) is 2.47. The number of H-pyrrole nitrogens is 1. The number of nitriles is 1. The standard InChI is InChI=1S/C13H7ClN4/c14-9-2-4-11(16-7-9)13-17-10-3-1-8(6-15)5-12(10)18-13/h1-5,7H,(H,17,18). The average Bonchev–Trinajstić information content (AvgIpc) is 2.82. The molecule has 0 saturated carbocycles. The number of aromatic nitrogens is 3. The van der Waals surface area contributed by atoms with E-state index in [-0.39, 0.29) is 0 Å². The van der Waals surface area contributed by atoms with Gasteiger partial charge in [0.2, 0.25) is 0 Å². The van der Waals surface area contributed by atoms with Crippen LogP contribution in [-0.2, 0) is 0 Å². The SMILES string of the molecule is N#Cc1ccc2nc(-c3ccc(Cl)cn3)[nH]c2c1. The van der Waals surface area contributed by atoms with Crippen molar-refractivity contribution in [2.75, 3.05) is 0 Å². The van der Waals surface area contributed by atoms with E-state index in [0.717, 1.165) is 11.0 Å². The van der Waals surface area contributed by atoms with Crippen molar-refractivity contribution >= 4 is 22.6 Å². The van der Waals surface area contributed by atoms with Crippen molar-refractivity contribution in [3.8, 4) is 17.6 Å². The van der Waals surface area contributed by atoms with Crippen molar-refractivity contribution in [3.05, 3.63) is 47.1 Å². The number of hydrogen-bond donors (Lipinski definition) is 1. The monoisotopic (exact) mass is 254 g/mol. The zero-order chi connectivity index (χ0) is 12.5. The van der Waals surface area contributed by atoms with Gasteiger partial charge in [-0.05, 0) is 30.3 Å². The minimum absolute atomic E-state index is 0.585. The van der Waals surface area contributed by atoms with Crippen molar-refractivity contribution in [1.82, 2.24) is 15.0 Å². The van der Waals surface area contributed by atoms with Gasteiger partial charge in [-0.15, -0.1) is 0 Å². The van der Waals surface area contributed by atoms with E-state index in [0.29, 0.717) is 22.1 Å². The van der Waals surface area contributed by atoms with Crippen LogP contribution in [-0.4, -0.2) is 15.0 Å². The van der Waals surface area contributed by atoms with E-state index in [1.807, 2.05) is 6.07 Å². The lowest BCUT2D eigenvalue weighted by Gasteiger charge is -1.94. The molecule has 0 unspecified atom stereocenters. The minimum Gasteiger partial charge on any atom is -0.337 e. The maximum Gasteiger partial charge on any atom is 0.157 e. The highest BCUT2D eigenvalue weighted by Gasteiger charge is 2.06. The fraction of sp³-hybridized carbons (Fsp3) is 0. The number of rotatable bonds is 1. The van der Waals surface area contributed by atoms with Gasteiger partial charge in [-0.1, -0.05) is 11.6 Å². The van der Waals surface area contributed by atoms with E-state index in [1.165, 1.54) is 0 Å². The molecule has 5 heteroatoms. The van der Waals surface area contributed by atoms with Crippen LogP contribution in [0.15, 0.2) is 36.5 Å². The molecule has 0 radical (unpaired) electrons. The van der Waals surface area contributed by atoms with Crippen LogP contribution in [0.3, 0.4) is 0 Å². The molecular formula is C13H7ClN4. The molecule has 0 amide bonds. The fourth-order valence-corrected chi connectivity index (χ4v) is 1.83. The summed E-state index contributed by atoms with van der Waals surface area (Å²) in [5.74, 6) is 0.664. The summed E-state index contributed by atoms with van der Waals surface area (Å²) in [4.78, 5) is 11.8. The van der Waals surface area contributed by atoms with Gasteiger partial charge in [-0.25, -0.2) is 4.98 Å². The molecule has 0 atom stereocenters. The van der Waals surface area contributed by atoms with Crippen molar-refractivity contribution < 1.29 is 0 Å². The van der Waals surface area contributed by atoms with Gasteiger partial charge in [0, 0.05) is 6.20 Å². The van der Waals surface area contributed by atoms with E-state index >= 15 is 0 Å². The van der Waals surface area contributed by atoms with Crippen LogP contribution in [0.5, 0.6) is 0 Å². The summed E-state index contributed by atoms with van der Waals surface area (Å²) in [7, 11) is 0. The van der Waals surface area contributed by atoms with Crippen molar-refractivity contribution in [3.63, 3.8) is 0 Å². The molecule has 0 aliphatic rings. The van der Waals surface area contributed by atoms with E-state index in [2.05, 4.69) is 21.0 Å². The second-order valence-corrected chi connectivity index (χ2v) is 4.23. The zero-order valence-corrected chi connectivity index (χ0v) is 9.94. The Balaban J connectivity index is 2.13. The Morgan fingerprint density at radius 3 is 2.83 bits per heavy atom. The van der Waals surface area contributed by atoms with Gasteiger partial charge < -0.3 is 4.98 Å². The number of nitrogens with zero attached hydrogens (tertiary/aromatic N) is 3. The normalized spacial score (nSPS) is 10.4. The molecule has 0 aliphatic carbocycles. The molecule has 18 heavy (non-hydrogen) atoms. The van der Waals surface area contributed by atoms with Crippen LogP contribution in [0.1, 0.15) is 5.56 Å². The lowest BCUT2D eigenvalue weighted by atomic mass is 10.2. The van der Waals surface area contributed by atoms with E-state index in [4.69, 9.17) is 16.9 Å². The van der Waals surface area contributed by atoms with Gasteiger partial charge in [-0.3, -0.25) is 4.98 Å². The summed E-state index contributed by atoms with van der Waals surface area (Å²) in [6.07, 6.45) is 1.57. The summed E-state index contributed by atoms with van der Waals surface area (Å²) < 4.78 is 0. The number of nitrogens with one attached hydrogen (secondary N) is 1. The highest BCUT2D eigenvalue weighted by molar-refractivity contribution is 6.30. The fourth-order valence-electron chi connectivity index (χ4n) is 1.72. The number of pyridine rings is 1. The van der Waals surface area contributed by atoms with Crippen molar-refractivity contribution in [1.29, 1.82) is 5.26 Å². The predicted molar refractivity (Wildman–Crippen MR) is 69.0 cm³/mol. The summed E-state index contributed by atoms with van der Waals surface area (Å²) >= 11 is 5.79. The molecule has 2 heterocycles. The molecule has 0 fully saturated rings. The molecule has 2 aromatic heterocycles. The molecule has 0 spiro atoms. The zero-order valence-electron chi connectivity index (χ0n) is 9.18. The van der Waals surface area contributed by atoms with Crippen LogP contribution in [0.25, 0.3) is 22.6 Å². The van der Waals surface area contributed by atoms with Gasteiger partial charge in [0.25, 0.3) is 0 Å². The molecule has 0 aliphatic heterocycles. The molecule has 0 saturated heterocycles. The van der Waals surface area contributed by atoms with Crippen LogP contribution in [0, 0.1) is 11.3 Å². The summed E-state index contributed by atoms with van der Waals surface area (Å²) in [6, 6.07) is 11.0. The third-order valence-electron chi connectivity index (χ3n) is 2.58. The van der Waals surface area contributed by atoms with Crippen LogP contribution in [0.4, 0.5) is 0 Å². The van der Waals surface area contributed by atoms with E-state index < -0.39 is 0 Å². The maximum atomic E-state index is 8.84. The first kappa shape index (κ1) is 10.8. The Morgan fingerprint density at radius 2 is 2.11 bits per heavy atom. The lowest BCUT2D eigenvalue weighted by molar-refractivity contribution is 1.24. The lowest BCUT2D eigenvalue weighted by Crippen LogP contribution is -1.84. The first-order valence-electron chi connectivity index (χ1n) is 5.28. The molecule has 4 nitrogen and oxygen atoms in total. The third kappa shape index (κ3) is 1.81. The van der Waals surface area contributed by atoms with Gasteiger partial charge in [0.05, 0.1) is 27.7 Å². The largest absolute Gasteiger partial charge is 0.337 e. The summed E-state index contributed by atoms with van der Waals surface area (Å²) in [5.41, 5.74) is 2.94. The number of imidazole rings is 1. The van der Waals surface area contributed by atoms with Crippen molar-refractivity contribution in [2.24, 2.45) is 0 Å². The molecule has 0 bridgehead atoms. The molecular weight excluding hydrogens is 248 g/mol. The number of halogens is 1. The Morgan fingerprint density at radius 1 is 1.22 bits per heavy atom. The highest BCUT2D eigenvalue weighted by atomic mass is 35.5. The van der Waals surface area contributed by atoms with E-state index in [9.17, 15) is 0 Å². The number of hydrogen-bond acceptors (Lipinski definition) is 3. The minimum atomic E-state index is 0.585. The average molecular weight is 255 g/mol. The topological polar surface area (TPSA) is 65.4 Å². The predicted octanol–water partition coefficient (Wildman–Crippen LogP) is 3.15. The second-order valence-electron chi connectivity index (χ2n) is 3.79. The van der Waals surface area contributed by atoms with Gasteiger partial charge in [0.15, 0.2) is 5.82 Å². The molecule has 86 valence electrons. The first-order valence-corrected chi connectivity index (χ1v) is 5.66. The number of fused-ring (bicyclic) bond motifs is 1. The molecule has 1 N–H and O–H groups in total. The van der Waals surface area contributed by atoms with Crippen LogP contribution in [0.2, 0.25) is 5.02 Å². The van der Waals surface area contributed by atoms with Gasteiger partial charge in [-0.2, -0.15) is 5.26 Å². The van der Waals surface area contributed by atoms with Crippen LogP contribution < -0.4 is 0 Å². The molecule has 3 rings (SSSR count). The molecule has 1 aromatic carbocycles. The Bertz CT molecular complexity index is 753.